The summed E-state index contributed by atoms with van der Waals surface area (Å²) in [6.07, 6.45) is 1.73. The van der Waals surface area contributed by atoms with Crippen LogP contribution in [0.4, 0.5) is 0 Å². The molecule has 1 aromatic heterocycles. The van der Waals surface area contributed by atoms with Crippen LogP contribution in [0.25, 0.3) is 0 Å². The lowest BCUT2D eigenvalue weighted by Gasteiger charge is -2.14. The maximum atomic E-state index is 6.03. The zero-order valence-electron chi connectivity index (χ0n) is 11.3. The summed E-state index contributed by atoms with van der Waals surface area (Å²) in [6.45, 7) is 4.68. The van der Waals surface area contributed by atoms with E-state index in [1.807, 2.05) is 45.2 Å². The molecule has 0 amide bonds. The van der Waals surface area contributed by atoms with Crippen LogP contribution in [0.2, 0.25) is 5.02 Å². The first-order valence-corrected chi connectivity index (χ1v) is 6.52. The topological polar surface area (TPSA) is 34.2 Å². The Labute approximate surface area is 118 Å². The van der Waals surface area contributed by atoms with Crippen LogP contribution in [0.3, 0.4) is 0 Å². The molecule has 0 atom stereocenters. The average Bonchev–Trinajstić information content (AvgIpc) is 2.36. The van der Waals surface area contributed by atoms with Crippen LogP contribution >= 0.6 is 11.6 Å². The van der Waals surface area contributed by atoms with Crippen molar-refractivity contribution in [2.75, 3.05) is 7.05 Å². The molecule has 0 aliphatic rings. The first-order chi connectivity index (χ1) is 9.11. The summed E-state index contributed by atoms with van der Waals surface area (Å²) in [5.41, 5.74) is 3.04. The van der Waals surface area contributed by atoms with Crippen LogP contribution in [0, 0.1) is 13.8 Å². The standard InChI is InChI=1S/C15H17ClN2O/c1-10-7-13(16)8-11(2)14(10)19-15-12(9-17-3)5-4-6-18-15/h4-8,17H,9H2,1-3H3. The Kier molecular flexibility index (Phi) is 4.40. The van der Waals surface area contributed by atoms with Crippen molar-refractivity contribution < 1.29 is 4.74 Å². The molecular weight excluding hydrogens is 260 g/mol. The van der Waals surface area contributed by atoms with E-state index >= 15 is 0 Å². The van der Waals surface area contributed by atoms with E-state index < -0.39 is 0 Å². The molecule has 0 saturated heterocycles. The fourth-order valence-corrected chi connectivity index (χ4v) is 2.32. The van der Waals surface area contributed by atoms with Gasteiger partial charge in [0.1, 0.15) is 5.75 Å². The summed E-state index contributed by atoms with van der Waals surface area (Å²) in [4.78, 5) is 4.30. The minimum absolute atomic E-state index is 0.630. The molecule has 2 aromatic rings. The molecule has 2 rings (SSSR count). The molecule has 0 bridgehead atoms. The summed E-state index contributed by atoms with van der Waals surface area (Å²) in [7, 11) is 1.90. The fraction of sp³-hybridized carbons (Fsp3) is 0.267. The molecule has 1 aromatic carbocycles. The first-order valence-electron chi connectivity index (χ1n) is 6.15. The van der Waals surface area contributed by atoms with E-state index in [-0.39, 0.29) is 0 Å². The smallest absolute Gasteiger partial charge is 0.223 e. The summed E-state index contributed by atoms with van der Waals surface area (Å²) >= 11 is 6.03. The van der Waals surface area contributed by atoms with Crippen molar-refractivity contribution in [3.63, 3.8) is 0 Å². The molecule has 0 aliphatic heterocycles. The Hall–Kier alpha value is -1.58. The van der Waals surface area contributed by atoms with Gasteiger partial charge in [-0.1, -0.05) is 17.7 Å². The minimum atomic E-state index is 0.630. The summed E-state index contributed by atoms with van der Waals surface area (Å²) in [5.74, 6) is 1.45. The molecule has 0 fully saturated rings. The van der Waals surface area contributed by atoms with Crippen molar-refractivity contribution in [2.24, 2.45) is 0 Å². The highest BCUT2D eigenvalue weighted by molar-refractivity contribution is 6.30. The molecule has 4 heteroatoms. The highest BCUT2D eigenvalue weighted by atomic mass is 35.5. The Morgan fingerprint density at radius 1 is 1.26 bits per heavy atom. The maximum Gasteiger partial charge on any atom is 0.223 e. The number of hydrogen-bond acceptors (Lipinski definition) is 3. The lowest BCUT2D eigenvalue weighted by Crippen LogP contribution is -2.07. The third-order valence-electron chi connectivity index (χ3n) is 2.84. The third-order valence-corrected chi connectivity index (χ3v) is 3.06. The lowest BCUT2D eigenvalue weighted by atomic mass is 10.1. The van der Waals surface area contributed by atoms with E-state index in [1.54, 1.807) is 6.20 Å². The van der Waals surface area contributed by atoms with Gasteiger partial charge in [-0.25, -0.2) is 4.98 Å². The van der Waals surface area contributed by atoms with Crippen molar-refractivity contribution in [2.45, 2.75) is 20.4 Å². The van der Waals surface area contributed by atoms with Gasteiger partial charge in [0.2, 0.25) is 5.88 Å². The second-order valence-electron chi connectivity index (χ2n) is 4.47. The van der Waals surface area contributed by atoms with E-state index in [0.29, 0.717) is 5.88 Å². The van der Waals surface area contributed by atoms with Crippen LogP contribution in [-0.2, 0) is 6.54 Å². The number of aryl methyl sites for hydroxylation is 2. The average molecular weight is 277 g/mol. The number of benzene rings is 1. The SMILES string of the molecule is CNCc1cccnc1Oc1c(C)cc(Cl)cc1C. The second kappa shape index (κ2) is 6.04. The van der Waals surface area contributed by atoms with Gasteiger partial charge in [-0.15, -0.1) is 0 Å². The van der Waals surface area contributed by atoms with Crippen LogP contribution in [-0.4, -0.2) is 12.0 Å². The van der Waals surface area contributed by atoms with Gasteiger partial charge in [0.15, 0.2) is 0 Å². The molecule has 0 spiro atoms. The van der Waals surface area contributed by atoms with Crippen LogP contribution in [0.15, 0.2) is 30.5 Å². The van der Waals surface area contributed by atoms with Gasteiger partial charge >= 0.3 is 0 Å². The molecule has 0 unspecified atom stereocenters. The van der Waals surface area contributed by atoms with Gasteiger partial charge in [-0.2, -0.15) is 0 Å². The molecule has 1 heterocycles. The number of nitrogens with zero attached hydrogens (tertiary/aromatic N) is 1. The predicted molar refractivity (Wildman–Crippen MR) is 78.0 cm³/mol. The molecule has 100 valence electrons. The minimum Gasteiger partial charge on any atom is -0.438 e. The van der Waals surface area contributed by atoms with Gasteiger partial charge in [0, 0.05) is 23.3 Å². The maximum absolute atomic E-state index is 6.03. The molecule has 0 saturated carbocycles. The molecule has 19 heavy (non-hydrogen) atoms. The summed E-state index contributed by atoms with van der Waals surface area (Å²) in [5, 5.41) is 3.83. The number of halogens is 1. The number of ether oxygens (including phenoxy) is 1. The highest BCUT2D eigenvalue weighted by Crippen LogP contribution is 2.31. The van der Waals surface area contributed by atoms with Crippen LogP contribution in [0.1, 0.15) is 16.7 Å². The van der Waals surface area contributed by atoms with Crippen molar-refractivity contribution in [1.82, 2.24) is 10.3 Å². The summed E-state index contributed by atoms with van der Waals surface area (Å²) < 4.78 is 5.97. The largest absolute Gasteiger partial charge is 0.438 e. The van der Waals surface area contributed by atoms with E-state index in [9.17, 15) is 0 Å². The van der Waals surface area contributed by atoms with E-state index in [4.69, 9.17) is 16.3 Å². The van der Waals surface area contributed by atoms with Crippen LogP contribution in [0.5, 0.6) is 11.6 Å². The second-order valence-corrected chi connectivity index (χ2v) is 4.91. The van der Waals surface area contributed by atoms with E-state index in [0.717, 1.165) is 34.0 Å². The number of aromatic nitrogens is 1. The van der Waals surface area contributed by atoms with Crippen LogP contribution < -0.4 is 10.1 Å². The summed E-state index contributed by atoms with van der Waals surface area (Å²) in [6, 6.07) is 7.69. The van der Waals surface area contributed by atoms with Gasteiger partial charge in [-0.3, -0.25) is 0 Å². The van der Waals surface area contributed by atoms with Gasteiger partial charge in [0.25, 0.3) is 0 Å². The molecule has 0 aliphatic carbocycles. The third kappa shape index (κ3) is 3.25. The van der Waals surface area contributed by atoms with E-state index in [2.05, 4.69) is 10.3 Å². The highest BCUT2D eigenvalue weighted by Gasteiger charge is 2.10. The normalized spacial score (nSPS) is 10.5. The Morgan fingerprint density at radius 3 is 2.58 bits per heavy atom. The van der Waals surface area contributed by atoms with E-state index in [1.165, 1.54) is 0 Å². The van der Waals surface area contributed by atoms with Crippen molar-refractivity contribution in [3.8, 4) is 11.6 Å². The lowest BCUT2D eigenvalue weighted by molar-refractivity contribution is 0.448. The number of nitrogens with one attached hydrogen (secondary N) is 1. The Bertz CT molecular complexity index is 561. The van der Waals surface area contributed by atoms with Gasteiger partial charge < -0.3 is 10.1 Å². The Morgan fingerprint density at radius 2 is 1.95 bits per heavy atom. The number of rotatable bonds is 4. The fourth-order valence-electron chi connectivity index (χ4n) is 2.00. The molecule has 1 N–H and O–H groups in total. The zero-order valence-corrected chi connectivity index (χ0v) is 12.1. The Balaban J connectivity index is 2.36. The first kappa shape index (κ1) is 13.8. The molecular formula is C15H17ClN2O. The van der Waals surface area contributed by atoms with Gasteiger partial charge in [-0.05, 0) is 50.2 Å². The molecule has 3 nitrogen and oxygen atoms in total. The van der Waals surface area contributed by atoms with Gasteiger partial charge in [0.05, 0.1) is 0 Å². The zero-order chi connectivity index (χ0) is 13.8. The molecule has 0 radical (unpaired) electrons. The monoisotopic (exact) mass is 276 g/mol. The number of pyridine rings is 1. The predicted octanol–water partition coefficient (Wildman–Crippen LogP) is 3.86. The quantitative estimate of drug-likeness (QED) is 0.921. The number of hydrogen-bond donors (Lipinski definition) is 1. The van der Waals surface area contributed by atoms with Crippen molar-refractivity contribution >= 4 is 11.6 Å². The van der Waals surface area contributed by atoms with Crippen molar-refractivity contribution in [3.05, 3.63) is 52.2 Å². The van der Waals surface area contributed by atoms with Crippen molar-refractivity contribution in [1.29, 1.82) is 0 Å².